The molecule has 1 nitrogen and oxygen atoms in total. The number of rotatable bonds is 4. The molecule has 0 unspecified atom stereocenters. The molecule has 0 bridgehead atoms. The predicted octanol–water partition coefficient (Wildman–Crippen LogP) is 3.67. The van der Waals surface area contributed by atoms with Crippen molar-refractivity contribution in [3.8, 4) is 5.75 Å². The molecule has 14 heavy (non-hydrogen) atoms. The molecule has 0 atom stereocenters. The van der Waals surface area contributed by atoms with Gasteiger partial charge in [0, 0.05) is 9.79 Å². The van der Waals surface area contributed by atoms with Gasteiger partial charge in [0.1, 0.15) is 5.75 Å². The van der Waals surface area contributed by atoms with Crippen molar-refractivity contribution in [1.82, 2.24) is 0 Å². The molecule has 0 spiro atoms. The van der Waals surface area contributed by atoms with Gasteiger partial charge in [0.05, 0.1) is 6.10 Å². The molecule has 1 saturated carbocycles. The lowest BCUT2D eigenvalue weighted by molar-refractivity contribution is 0.302. The minimum absolute atomic E-state index is 0.491. The molecule has 76 valence electrons. The number of ether oxygens (including phenoxy) is 1. The van der Waals surface area contributed by atoms with Gasteiger partial charge in [-0.05, 0) is 43.6 Å². The van der Waals surface area contributed by atoms with E-state index in [1.54, 1.807) is 23.5 Å². The van der Waals surface area contributed by atoms with Crippen molar-refractivity contribution >= 4 is 23.5 Å². The van der Waals surface area contributed by atoms with E-state index in [0.29, 0.717) is 6.10 Å². The molecule has 0 aliphatic heterocycles. The molecule has 1 aliphatic rings. The molecule has 1 aromatic rings. The van der Waals surface area contributed by atoms with Gasteiger partial charge in [0.2, 0.25) is 0 Å². The van der Waals surface area contributed by atoms with Crippen LogP contribution >= 0.6 is 23.5 Å². The van der Waals surface area contributed by atoms with E-state index in [4.69, 9.17) is 4.74 Å². The minimum Gasteiger partial charge on any atom is -0.490 e. The van der Waals surface area contributed by atoms with Crippen molar-refractivity contribution in [1.29, 1.82) is 0 Å². The fourth-order valence-electron chi connectivity index (χ4n) is 1.27. The van der Waals surface area contributed by atoms with E-state index in [1.807, 2.05) is 0 Å². The molecule has 0 radical (unpaired) electrons. The second-order valence-electron chi connectivity index (χ2n) is 3.33. The Morgan fingerprint density at radius 3 is 2.43 bits per heavy atom. The lowest BCUT2D eigenvalue weighted by Crippen LogP contribution is -1.95. The van der Waals surface area contributed by atoms with Crippen molar-refractivity contribution < 1.29 is 4.74 Å². The van der Waals surface area contributed by atoms with Crippen LogP contribution in [0.4, 0.5) is 0 Å². The molecule has 1 aromatic carbocycles. The van der Waals surface area contributed by atoms with E-state index < -0.39 is 0 Å². The van der Waals surface area contributed by atoms with Crippen LogP contribution in [0.5, 0.6) is 5.75 Å². The summed E-state index contributed by atoms with van der Waals surface area (Å²) in [5, 5.41) is 0. The van der Waals surface area contributed by atoms with E-state index in [2.05, 4.69) is 30.7 Å². The van der Waals surface area contributed by atoms with Crippen LogP contribution in [0.25, 0.3) is 0 Å². The summed E-state index contributed by atoms with van der Waals surface area (Å²) in [6.45, 7) is 0. The van der Waals surface area contributed by atoms with Gasteiger partial charge in [-0.25, -0.2) is 0 Å². The molecule has 0 heterocycles. The maximum absolute atomic E-state index is 5.74. The van der Waals surface area contributed by atoms with Crippen LogP contribution in [0, 0.1) is 0 Å². The van der Waals surface area contributed by atoms with Gasteiger partial charge in [-0.15, -0.1) is 23.5 Å². The van der Waals surface area contributed by atoms with Gasteiger partial charge in [0.15, 0.2) is 0 Å². The molecule has 1 fully saturated rings. The Labute approximate surface area is 93.6 Å². The molecule has 2 rings (SSSR count). The van der Waals surface area contributed by atoms with E-state index in [-0.39, 0.29) is 0 Å². The molecular weight excluding hydrogens is 212 g/mol. The maximum Gasteiger partial charge on any atom is 0.120 e. The van der Waals surface area contributed by atoms with Gasteiger partial charge in [-0.2, -0.15) is 0 Å². The molecule has 1 aliphatic carbocycles. The smallest absolute Gasteiger partial charge is 0.120 e. The van der Waals surface area contributed by atoms with Gasteiger partial charge < -0.3 is 4.74 Å². The normalized spacial score (nSPS) is 15.6. The first-order valence-corrected chi connectivity index (χ1v) is 7.17. The van der Waals surface area contributed by atoms with Crippen molar-refractivity contribution in [2.45, 2.75) is 28.7 Å². The summed E-state index contributed by atoms with van der Waals surface area (Å²) in [4.78, 5) is 2.65. The van der Waals surface area contributed by atoms with Crippen LogP contribution in [0.2, 0.25) is 0 Å². The van der Waals surface area contributed by atoms with Crippen molar-refractivity contribution in [2.24, 2.45) is 0 Å². The summed E-state index contributed by atoms with van der Waals surface area (Å²) in [5.74, 6) is 1.02. The van der Waals surface area contributed by atoms with E-state index in [0.717, 1.165) is 5.75 Å². The summed E-state index contributed by atoms with van der Waals surface area (Å²) >= 11 is 3.57. The summed E-state index contributed by atoms with van der Waals surface area (Å²) in [5.41, 5.74) is 0. The molecule has 3 heteroatoms. The predicted molar refractivity (Wildman–Crippen MR) is 63.7 cm³/mol. The monoisotopic (exact) mass is 226 g/mol. The fourth-order valence-corrected chi connectivity index (χ4v) is 2.74. The van der Waals surface area contributed by atoms with Crippen LogP contribution in [0.15, 0.2) is 28.0 Å². The Kier molecular flexibility index (Phi) is 3.29. The third kappa shape index (κ3) is 2.39. The SMILES string of the molecule is CSc1ccc(OC2CC2)cc1SC. The molecule has 0 N–H and O–H groups in total. The maximum atomic E-state index is 5.74. The average molecular weight is 226 g/mol. The van der Waals surface area contributed by atoms with Gasteiger partial charge in [0.25, 0.3) is 0 Å². The summed E-state index contributed by atoms with van der Waals surface area (Å²) in [6, 6.07) is 6.37. The Bertz CT molecular complexity index is 321. The summed E-state index contributed by atoms with van der Waals surface area (Å²) in [6.07, 6.45) is 7.15. The number of benzene rings is 1. The van der Waals surface area contributed by atoms with Crippen LogP contribution in [0.3, 0.4) is 0 Å². The Morgan fingerprint density at radius 1 is 1.14 bits per heavy atom. The van der Waals surface area contributed by atoms with E-state index in [9.17, 15) is 0 Å². The van der Waals surface area contributed by atoms with Crippen molar-refractivity contribution in [3.63, 3.8) is 0 Å². The molecule has 0 saturated heterocycles. The van der Waals surface area contributed by atoms with E-state index >= 15 is 0 Å². The minimum atomic E-state index is 0.491. The lowest BCUT2D eigenvalue weighted by atomic mass is 10.3. The fraction of sp³-hybridized carbons (Fsp3) is 0.455. The van der Waals surface area contributed by atoms with Crippen molar-refractivity contribution in [2.75, 3.05) is 12.5 Å². The van der Waals surface area contributed by atoms with Crippen LogP contribution < -0.4 is 4.74 Å². The van der Waals surface area contributed by atoms with Crippen LogP contribution in [-0.2, 0) is 0 Å². The Balaban J connectivity index is 2.16. The van der Waals surface area contributed by atoms with Crippen LogP contribution in [0.1, 0.15) is 12.8 Å². The van der Waals surface area contributed by atoms with E-state index in [1.165, 1.54) is 22.6 Å². The number of hydrogen-bond acceptors (Lipinski definition) is 3. The average Bonchev–Trinajstić information content (AvgIpc) is 3.01. The number of hydrogen-bond donors (Lipinski definition) is 0. The zero-order chi connectivity index (χ0) is 9.97. The molecule has 0 aromatic heterocycles. The molecule has 0 amide bonds. The first kappa shape index (κ1) is 10.2. The second kappa shape index (κ2) is 4.49. The van der Waals surface area contributed by atoms with Gasteiger partial charge in [-0.3, -0.25) is 0 Å². The highest BCUT2D eigenvalue weighted by atomic mass is 32.2. The Morgan fingerprint density at radius 2 is 1.86 bits per heavy atom. The topological polar surface area (TPSA) is 9.23 Å². The lowest BCUT2D eigenvalue weighted by Gasteiger charge is -2.08. The standard InChI is InChI=1S/C11H14OS2/c1-13-10-6-5-9(7-11(10)14-2)12-8-3-4-8/h5-8H,3-4H2,1-2H3. The zero-order valence-corrected chi connectivity index (χ0v) is 10.1. The quantitative estimate of drug-likeness (QED) is 0.725. The molecular formula is C11H14OS2. The van der Waals surface area contributed by atoms with Crippen LogP contribution in [-0.4, -0.2) is 18.6 Å². The van der Waals surface area contributed by atoms with Gasteiger partial charge >= 0.3 is 0 Å². The zero-order valence-electron chi connectivity index (χ0n) is 8.45. The Hall–Kier alpha value is -0.280. The third-order valence-corrected chi connectivity index (χ3v) is 3.88. The highest BCUT2D eigenvalue weighted by molar-refractivity contribution is 8.01. The first-order chi connectivity index (χ1) is 6.83. The summed E-state index contributed by atoms with van der Waals surface area (Å²) < 4.78 is 5.74. The highest BCUT2D eigenvalue weighted by Gasteiger charge is 2.23. The highest BCUT2D eigenvalue weighted by Crippen LogP contribution is 2.34. The largest absolute Gasteiger partial charge is 0.490 e. The van der Waals surface area contributed by atoms with Gasteiger partial charge in [-0.1, -0.05) is 0 Å². The third-order valence-electron chi connectivity index (χ3n) is 2.18. The summed E-state index contributed by atoms with van der Waals surface area (Å²) in [7, 11) is 0. The first-order valence-electron chi connectivity index (χ1n) is 4.72. The second-order valence-corrected chi connectivity index (χ2v) is 5.03. The van der Waals surface area contributed by atoms with Crippen molar-refractivity contribution in [3.05, 3.63) is 18.2 Å². The number of thioether (sulfide) groups is 2.